The molecular weight excluding hydrogens is 744 g/mol. The quantitative estimate of drug-likeness (QED) is 0.147. The smallest absolute Gasteiger partial charge is 0.399 e. The molecule has 0 saturated carbocycles. The molecule has 0 saturated heterocycles. The number of halogens is 5. The van der Waals surface area contributed by atoms with Crippen LogP contribution in [0.3, 0.4) is 0 Å². The fourth-order valence-corrected chi connectivity index (χ4v) is 3.42. The van der Waals surface area contributed by atoms with E-state index in [1.807, 2.05) is 0 Å². The molecule has 1 aliphatic rings. The maximum absolute atomic E-state index is 13.8. The van der Waals surface area contributed by atoms with Crippen LogP contribution in [0.2, 0.25) is 0 Å². The van der Waals surface area contributed by atoms with Crippen molar-refractivity contribution in [3.05, 3.63) is 79.8 Å². The molecule has 212 valence electrons. The van der Waals surface area contributed by atoms with E-state index in [-0.39, 0.29) is 41.8 Å². The van der Waals surface area contributed by atoms with Crippen LogP contribution in [0.1, 0.15) is 43.3 Å². The maximum atomic E-state index is 13.8. The zero-order chi connectivity index (χ0) is 27.2. The summed E-state index contributed by atoms with van der Waals surface area (Å²) in [6.07, 6.45) is -0.0811. The van der Waals surface area contributed by atoms with Gasteiger partial charge in [0.05, 0.1) is 35.0 Å². The molecule has 3 heterocycles. The summed E-state index contributed by atoms with van der Waals surface area (Å²) in [6.45, 7) is 5.71. The molecule has 2 aromatic heterocycles. The van der Waals surface area contributed by atoms with Gasteiger partial charge in [0, 0.05) is 18.3 Å². The Morgan fingerprint density at radius 3 is 2.34 bits per heavy atom. The molecule has 0 spiro atoms. The second kappa shape index (κ2) is 13.3. The first-order chi connectivity index (χ1) is 16.9. The molecule has 9 nitrogen and oxygen atoms in total. The summed E-state index contributed by atoms with van der Waals surface area (Å²) >= 11 is 0. The molecular formula is C23H30CmF5N9-2. The Morgan fingerprint density at radius 2 is 1.87 bits per heavy atom. The minimum atomic E-state index is -4.62. The normalized spacial score (nSPS) is 15.0. The molecule has 8 N–H and O–H groups in total. The second-order valence-corrected chi connectivity index (χ2v) is 7.48. The maximum Gasteiger partial charge on any atom is 0.399 e. The van der Waals surface area contributed by atoms with Crippen molar-refractivity contribution in [2.75, 3.05) is 16.5 Å². The first-order valence-corrected chi connectivity index (χ1v) is 10.4. The largest absolute Gasteiger partial charge is 0.479 e. The molecule has 0 radical (unpaired) electrons. The molecule has 3 rings (SSSR count). The molecule has 0 aromatic carbocycles. The summed E-state index contributed by atoms with van der Waals surface area (Å²) in [4.78, 5) is 13.2. The van der Waals surface area contributed by atoms with Gasteiger partial charge in [-0.2, -0.15) is 13.2 Å². The third-order valence-electron chi connectivity index (χ3n) is 4.95. The van der Waals surface area contributed by atoms with Crippen LogP contribution in [0, 0.1) is 13.8 Å². The Morgan fingerprint density at radius 1 is 1.26 bits per heavy atom. The Balaban J connectivity index is 0.00000261. The number of nitrogens with zero attached hydrogens (tertiary/aromatic N) is 5. The zero-order valence-corrected chi connectivity index (χ0v) is 23.8. The Bertz CT molecular complexity index is 1130. The predicted molar refractivity (Wildman–Crippen MR) is 135 cm³/mol. The van der Waals surface area contributed by atoms with E-state index in [9.17, 15) is 22.0 Å². The number of hydrogen-bond donors (Lipinski definition) is 4. The van der Waals surface area contributed by atoms with Crippen molar-refractivity contribution >= 4 is 23.3 Å². The van der Waals surface area contributed by atoms with Gasteiger partial charge < -0.3 is 29.5 Å². The molecule has 1 aliphatic heterocycles. The third kappa shape index (κ3) is 7.00. The van der Waals surface area contributed by atoms with Crippen molar-refractivity contribution in [2.45, 2.75) is 32.4 Å². The van der Waals surface area contributed by atoms with Crippen molar-refractivity contribution < 1.29 is 22.0 Å². The number of pyridine rings is 1. The summed E-state index contributed by atoms with van der Waals surface area (Å²) in [5.41, 5.74) is 15.4. The number of hydrazine groups is 1. The van der Waals surface area contributed by atoms with Crippen LogP contribution in [-0.2, 0) is 0 Å². The summed E-state index contributed by atoms with van der Waals surface area (Å²) in [7, 11) is 0. The zero-order valence-electron chi connectivity index (χ0n) is 20.9. The summed E-state index contributed by atoms with van der Waals surface area (Å²) < 4.78 is 69.0. The molecule has 1 atom stereocenters. The first-order valence-electron chi connectivity index (χ1n) is 10.4. The van der Waals surface area contributed by atoms with Crippen molar-refractivity contribution in [1.29, 1.82) is 0 Å². The third-order valence-corrected chi connectivity index (χ3v) is 4.95. The van der Waals surface area contributed by atoms with E-state index in [2.05, 4.69) is 27.3 Å². The number of nitrogens with two attached hydrogens (primary N) is 4. The van der Waals surface area contributed by atoms with Crippen LogP contribution in [0.4, 0.5) is 39.1 Å². The molecule has 0 fully saturated rings. The van der Waals surface area contributed by atoms with Gasteiger partial charge in [0.2, 0.25) is 0 Å². The standard InChI is InChI=1S/C20H22F5N8.C2H5N.CH3.Cm/c1-3-11(6-26)33(28)19-13(18(21)22)5-12(7-30-19)32-9-14(20(23,24)25)17-15(32)8-29-16(31-17)4-10(2)27;1-2-3;;/h3-8,14,18H,9,26-28H2,1-2H3;2H,1,3H2;1H3;/q-1;;-1;/b10-4-,11-6-;;;. The average molecular weight is 775 g/mol. The summed E-state index contributed by atoms with van der Waals surface area (Å²) in [5.74, 6) is 3.65. The van der Waals surface area contributed by atoms with Gasteiger partial charge in [0.1, 0.15) is 5.92 Å². The van der Waals surface area contributed by atoms with E-state index < -0.39 is 30.6 Å². The number of aromatic nitrogens is 3. The average Bonchev–Trinajstić information content (AvgIpc) is 3.19. The van der Waals surface area contributed by atoms with Crippen LogP contribution < -0.4 is 33.0 Å². The number of allylic oxidation sites excluding steroid dienone is 2. The molecule has 2 aromatic rings. The van der Waals surface area contributed by atoms with E-state index in [1.165, 1.54) is 29.8 Å². The van der Waals surface area contributed by atoms with Gasteiger partial charge in [-0.15, -0.1) is 13.1 Å². The van der Waals surface area contributed by atoms with Crippen molar-refractivity contribution in [3.63, 3.8) is 0 Å². The van der Waals surface area contributed by atoms with E-state index in [4.69, 9.17) is 17.3 Å². The van der Waals surface area contributed by atoms with E-state index in [0.717, 1.165) is 23.5 Å². The molecule has 38 heavy (non-hydrogen) atoms. The van der Waals surface area contributed by atoms with Crippen LogP contribution >= 0.6 is 0 Å². The van der Waals surface area contributed by atoms with Crippen LogP contribution in [-0.4, -0.2) is 27.7 Å². The number of fused-ring (bicyclic) bond motifs is 1. The summed E-state index contributed by atoms with van der Waals surface area (Å²) in [5, 5.41) is 0.874. The number of hydrogen-bond acceptors (Lipinski definition) is 9. The van der Waals surface area contributed by atoms with Gasteiger partial charge >= 0.3 is 6.18 Å². The van der Waals surface area contributed by atoms with Crippen molar-refractivity contribution in [3.8, 4) is 0 Å². The van der Waals surface area contributed by atoms with Crippen molar-refractivity contribution in [2.24, 2.45) is 23.0 Å². The van der Waals surface area contributed by atoms with Crippen LogP contribution in [0.5, 0.6) is 0 Å². The molecule has 15 heteroatoms. The van der Waals surface area contributed by atoms with E-state index in [1.54, 1.807) is 13.8 Å². The monoisotopic (exact) mass is 770 g/mol. The Kier molecular flexibility index (Phi) is 11.5. The minimum absolute atomic E-state index is 0. The Hall–Kier alpha value is -5.07. The minimum Gasteiger partial charge on any atom is -0.479 e. The molecule has 0 bridgehead atoms. The summed E-state index contributed by atoms with van der Waals surface area (Å²) in [6, 6.07) is 1.04. The molecule has 0 aliphatic carbocycles. The number of anilines is 3. The van der Waals surface area contributed by atoms with Crippen LogP contribution in [0.25, 0.3) is 6.08 Å². The number of alkyl halides is 5. The molecule has 0 amide bonds. The fraction of sp³-hybridized carbons (Fsp3) is 0.261. The topological polar surface area (TPSA) is 149 Å². The SMILES string of the molecule is C=CN.C[CH-]/C(=C/N)N(N)c1ncc(N2CC(C(F)(F)F)c3nc(/C=C(/C)N)ncc32)cc1C(F)F.[CH3-].[Cm]. The van der Waals surface area contributed by atoms with Crippen LogP contribution in [0.15, 0.2) is 48.8 Å². The Labute approximate surface area is 212 Å². The van der Waals surface area contributed by atoms with Gasteiger partial charge in [-0.3, -0.25) is 5.01 Å². The second-order valence-electron chi connectivity index (χ2n) is 7.48. The van der Waals surface area contributed by atoms with Gasteiger partial charge in [-0.05, 0) is 19.2 Å². The van der Waals surface area contributed by atoms with Gasteiger partial charge in [-0.1, -0.05) is 12.3 Å². The van der Waals surface area contributed by atoms with E-state index >= 15 is 0 Å². The number of rotatable bonds is 6. The molecule has 1 unspecified atom stereocenters. The van der Waals surface area contributed by atoms with Gasteiger partial charge in [0.15, 0.2) is 11.6 Å². The van der Waals surface area contributed by atoms with Crippen molar-refractivity contribution in [1.82, 2.24) is 15.0 Å². The van der Waals surface area contributed by atoms with Gasteiger partial charge in [0.25, 0.3) is 6.43 Å². The van der Waals surface area contributed by atoms with Gasteiger partial charge in [-0.25, -0.2) is 36.0 Å². The predicted octanol–water partition coefficient (Wildman–Crippen LogP) is 4.17. The first kappa shape index (κ1) is 32.9. The van der Waals surface area contributed by atoms with E-state index in [0.29, 0.717) is 5.70 Å². The fourth-order valence-electron chi connectivity index (χ4n) is 3.42.